The molecule has 3 aliphatic rings. The maximum Gasteiger partial charge on any atom is 0.413 e. The fraction of sp³-hybridized carbons (Fsp3) is 0.600. The number of ether oxygens (including phenoxy) is 2. The average Bonchev–Trinajstić information content (AvgIpc) is 3.01. The molecule has 1 aromatic carbocycles. The van der Waals surface area contributed by atoms with Gasteiger partial charge in [-0.3, -0.25) is 43.4 Å². The zero-order valence-corrected chi connectivity index (χ0v) is 30.8. The van der Waals surface area contributed by atoms with E-state index in [1.165, 1.54) is 25.1 Å². The maximum atomic E-state index is 14.3. The predicted octanol–water partition coefficient (Wildman–Crippen LogP) is 0.265. The number of phenolic OH excluding ortho intramolecular Hbond substituents is 1. The van der Waals surface area contributed by atoms with Crippen LogP contribution in [-0.4, -0.2) is 126 Å². The van der Waals surface area contributed by atoms with Crippen LogP contribution in [0.1, 0.15) is 57.0 Å². The van der Waals surface area contributed by atoms with Crippen LogP contribution >= 0.6 is 0 Å². The van der Waals surface area contributed by atoms with Crippen molar-refractivity contribution in [3.8, 4) is 5.75 Å². The van der Waals surface area contributed by atoms with E-state index in [4.69, 9.17) is 15.2 Å². The van der Waals surface area contributed by atoms with Crippen molar-refractivity contribution >= 4 is 58.4 Å². The molecule has 17 nitrogen and oxygen atoms in total. The first kappa shape index (κ1) is 39.9. The van der Waals surface area contributed by atoms with Gasteiger partial charge in [-0.25, -0.2) is 4.79 Å². The first-order chi connectivity index (χ1) is 24.0. The molecular weight excluding hydrogens is 682 g/mol. The molecule has 5 N–H and O–H groups in total. The molecular formula is C35H47N5O12. The van der Waals surface area contributed by atoms with Crippen molar-refractivity contribution in [3.63, 3.8) is 0 Å². The van der Waals surface area contributed by atoms with Gasteiger partial charge in [0, 0.05) is 31.2 Å². The van der Waals surface area contributed by atoms with Gasteiger partial charge in [-0.05, 0) is 65.3 Å². The second kappa shape index (κ2) is 14.3. The van der Waals surface area contributed by atoms with Crippen LogP contribution < -0.4 is 16.0 Å². The van der Waals surface area contributed by atoms with Gasteiger partial charge in [-0.15, -0.1) is 0 Å². The number of nitrogens with two attached hydrogens (primary N) is 1. The van der Waals surface area contributed by atoms with E-state index < -0.39 is 113 Å². The Morgan fingerprint density at radius 2 is 1.65 bits per heavy atom. The van der Waals surface area contributed by atoms with Crippen molar-refractivity contribution in [1.82, 2.24) is 9.80 Å². The summed E-state index contributed by atoms with van der Waals surface area (Å²) in [5.41, 5.74) is 1.73. The lowest BCUT2D eigenvalue weighted by Crippen LogP contribution is -2.74. The largest absolute Gasteiger partial charge is 0.505 e. The van der Waals surface area contributed by atoms with Crippen molar-refractivity contribution < 1.29 is 58.0 Å². The molecule has 52 heavy (non-hydrogen) atoms. The molecule has 0 aromatic heterocycles. The SMILES string of the molecule is CC(C)C(=O)OCOC(=O)N(CC(=O)Nc1cc(N(C)C)c2c(c1O)C(=O)C1C(=O)[C@]3(O)C(=O)C(C(N)=O)C(=O)[C@@H](N(C)C)[C@@H]3C[C@@H]1C2)C(C)(C)C. The van der Waals surface area contributed by atoms with E-state index >= 15 is 0 Å². The monoisotopic (exact) mass is 729 g/mol. The number of hydrogen-bond donors (Lipinski definition) is 4. The number of nitrogens with one attached hydrogen (secondary N) is 1. The van der Waals surface area contributed by atoms with Crippen LogP contribution in [0.25, 0.3) is 0 Å². The molecule has 6 atom stereocenters. The van der Waals surface area contributed by atoms with Crippen LogP contribution in [0.2, 0.25) is 0 Å². The molecule has 17 heteroatoms. The van der Waals surface area contributed by atoms with Crippen molar-refractivity contribution in [3.05, 3.63) is 17.2 Å². The Balaban J connectivity index is 1.69. The molecule has 3 amide bonds. The number of aromatic hydroxyl groups is 1. The van der Waals surface area contributed by atoms with E-state index in [1.807, 2.05) is 0 Å². The third kappa shape index (κ3) is 6.86. The number of hydrogen-bond acceptors (Lipinski definition) is 14. The number of benzene rings is 1. The second-order valence-electron chi connectivity index (χ2n) is 15.3. The molecule has 2 unspecified atom stereocenters. The van der Waals surface area contributed by atoms with Gasteiger partial charge >= 0.3 is 12.1 Å². The molecule has 0 heterocycles. The van der Waals surface area contributed by atoms with Gasteiger partial charge in [0.05, 0.1) is 29.1 Å². The first-order valence-electron chi connectivity index (χ1n) is 16.8. The molecule has 4 rings (SSSR count). The Morgan fingerprint density at radius 3 is 2.17 bits per heavy atom. The van der Waals surface area contributed by atoms with E-state index in [2.05, 4.69) is 5.32 Å². The van der Waals surface area contributed by atoms with Crippen LogP contribution in [-0.2, 0) is 44.7 Å². The lowest BCUT2D eigenvalue weighted by atomic mass is 9.52. The minimum absolute atomic E-state index is 0.0200. The number of anilines is 2. The molecule has 284 valence electrons. The van der Waals surface area contributed by atoms with E-state index in [1.54, 1.807) is 53.6 Å². The summed E-state index contributed by atoms with van der Waals surface area (Å²) in [6, 6.07) is 0.195. The molecule has 3 aliphatic carbocycles. The fourth-order valence-electron chi connectivity index (χ4n) is 7.44. The lowest BCUT2D eigenvalue weighted by Gasteiger charge is -2.52. The van der Waals surface area contributed by atoms with Crippen LogP contribution in [0.3, 0.4) is 0 Å². The third-order valence-electron chi connectivity index (χ3n) is 9.98. The van der Waals surface area contributed by atoms with Gasteiger partial charge in [-0.1, -0.05) is 13.8 Å². The third-order valence-corrected chi connectivity index (χ3v) is 9.98. The number of aliphatic hydroxyl groups is 1. The summed E-state index contributed by atoms with van der Waals surface area (Å²) in [6.45, 7) is 6.85. The van der Waals surface area contributed by atoms with Crippen LogP contribution in [0.4, 0.5) is 16.2 Å². The van der Waals surface area contributed by atoms with Crippen LogP contribution in [0, 0.1) is 29.6 Å². The zero-order valence-electron chi connectivity index (χ0n) is 30.8. The topological polar surface area (TPSA) is 243 Å². The van der Waals surface area contributed by atoms with Gasteiger partial charge in [-0.2, -0.15) is 0 Å². The number of phenols is 1. The standard InChI is InChI=1S/C35H47N5O12/c1-15(2)32(48)51-14-52-33(49)40(34(3,4)5)13-21(41)37-19-12-20(38(6)7)17-10-16-11-18-25(39(8)9)28(44)24(31(36)47)30(46)35(18,50)29(45)22(16)27(43)23(17)26(19)42/h12,15-16,18,22,24-25,42,50H,10-11,13-14H2,1-9H3,(H2,36,47)(H,37,41)/t16-,18-,22?,24?,25-,35-/m0/s1. The van der Waals surface area contributed by atoms with Gasteiger partial charge < -0.3 is 35.6 Å². The van der Waals surface area contributed by atoms with Gasteiger partial charge in [0.2, 0.25) is 18.6 Å². The highest BCUT2D eigenvalue weighted by Gasteiger charge is 2.69. The lowest BCUT2D eigenvalue weighted by molar-refractivity contribution is -0.181. The van der Waals surface area contributed by atoms with E-state index in [0.717, 1.165) is 4.90 Å². The summed E-state index contributed by atoms with van der Waals surface area (Å²) < 4.78 is 9.96. The minimum Gasteiger partial charge on any atom is -0.505 e. The quantitative estimate of drug-likeness (QED) is 0.115. The number of ketones is 4. The highest BCUT2D eigenvalue weighted by atomic mass is 16.7. The van der Waals surface area contributed by atoms with E-state index in [-0.39, 0.29) is 24.1 Å². The highest BCUT2D eigenvalue weighted by Crippen LogP contribution is 2.52. The molecule has 0 aliphatic heterocycles. The number of primary amides is 1. The number of Topliss-reactive ketones (excluding diaryl/α,β-unsaturated/α-hetero) is 4. The summed E-state index contributed by atoms with van der Waals surface area (Å²) in [5, 5.41) is 25.9. The number of carbonyl (C=O) groups excluding carboxylic acids is 8. The Kier molecular flexibility index (Phi) is 10.9. The summed E-state index contributed by atoms with van der Waals surface area (Å²) in [6.07, 6.45) is -1.07. The van der Waals surface area contributed by atoms with Crippen molar-refractivity contribution in [1.29, 1.82) is 0 Å². The Labute approximate surface area is 300 Å². The number of esters is 1. The summed E-state index contributed by atoms with van der Waals surface area (Å²) in [4.78, 5) is 110. The van der Waals surface area contributed by atoms with Crippen molar-refractivity contribution in [2.75, 3.05) is 51.7 Å². The highest BCUT2D eigenvalue weighted by molar-refractivity contribution is 6.32. The Hall–Kier alpha value is -4.90. The Bertz CT molecular complexity index is 1730. The second-order valence-corrected chi connectivity index (χ2v) is 15.3. The van der Waals surface area contributed by atoms with E-state index in [0.29, 0.717) is 11.3 Å². The van der Waals surface area contributed by atoms with Gasteiger partial charge in [0.25, 0.3) is 0 Å². The summed E-state index contributed by atoms with van der Waals surface area (Å²) >= 11 is 0. The number of carbonyl (C=O) groups is 8. The van der Waals surface area contributed by atoms with Crippen molar-refractivity contribution in [2.45, 2.75) is 64.6 Å². The minimum atomic E-state index is -2.89. The predicted molar refractivity (Wildman–Crippen MR) is 183 cm³/mol. The van der Waals surface area contributed by atoms with Crippen molar-refractivity contribution in [2.24, 2.45) is 35.3 Å². The summed E-state index contributed by atoms with van der Waals surface area (Å²) in [7, 11) is 6.32. The molecule has 0 spiro atoms. The maximum absolute atomic E-state index is 14.3. The van der Waals surface area contributed by atoms with Crippen LogP contribution in [0.15, 0.2) is 6.07 Å². The molecule has 2 saturated carbocycles. The first-order valence-corrected chi connectivity index (χ1v) is 16.8. The number of amides is 3. The Morgan fingerprint density at radius 1 is 1.04 bits per heavy atom. The average molecular weight is 730 g/mol. The fourth-order valence-corrected chi connectivity index (χ4v) is 7.44. The van der Waals surface area contributed by atoms with E-state index in [9.17, 15) is 48.6 Å². The molecule has 0 bridgehead atoms. The van der Waals surface area contributed by atoms with Gasteiger partial charge in [0.1, 0.15) is 12.3 Å². The number of fused-ring (bicyclic) bond motifs is 3. The molecule has 0 radical (unpaired) electrons. The van der Waals surface area contributed by atoms with Crippen LogP contribution in [0.5, 0.6) is 5.75 Å². The zero-order chi connectivity index (χ0) is 39.4. The normalized spacial score (nSPS) is 25.6. The van der Waals surface area contributed by atoms with Gasteiger partial charge in [0.15, 0.2) is 34.7 Å². The number of nitrogens with zero attached hydrogens (tertiary/aromatic N) is 3. The number of rotatable bonds is 9. The molecule has 1 aromatic rings. The molecule has 2 fully saturated rings. The number of likely N-dealkylation sites (N-methyl/N-ethyl adjacent to an activating group) is 1. The molecule has 0 saturated heterocycles. The smallest absolute Gasteiger partial charge is 0.413 e. The summed E-state index contributed by atoms with van der Waals surface area (Å²) in [5.74, 6) is -14.0.